The maximum absolute atomic E-state index is 12.6. The first-order chi connectivity index (χ1) is 23.2. The molecule has 0 N–H and O–H groups in total. The second kappa shape index (κ2) is 17.7. The van der Waals surface area contributed by atoms with Crippen molar-refractivity contribution >= 4 is 24.1 Å². The summed E-state index contributed by atoms with van der Waals surface area (Å²) in [5.41, 5.74) is 1.48. The number of ether oxygens (including phenoxy) is 8. The molecule has 11 heteroatoms. The lowest BCUT2D eigenvalue weighted by Gasteiger charge is -2.41. The van der Waals surface area contributed by atoms with Crippen LogP contribution in [-0.4, -0.2) is 90.8 Å². The lowest BCUT2D eigenvalue weighted by atomic mass is 9.87. The van der Waals surface area contributed by atoms with Gasteiger partial charge in [0.15, 0.2) is 23.0 Å². The Hall–Kier alpha value is -4.38. The van der Waals surface area contributed by atoms with E-state index in [1.54, 1.807) is 79.1 Å². The van der Waals surface area contributed by atoms with Crippen LogP contribution < -0.4 is 28.4 Å². The van der Waals surface area contributed by atoms with Crippen molar-refractivity contribution in [1.82, 2.24) is 4.90 Å². The molecule has 0 amide bonds. The first-order valence-electron chi connectivity index (χ1n) is 16.3. The van der Waals surface area contributed by atoms with Crippen LogP contribution in [0.5, 0.6) is 34.5 Å². The SMILES string of the molecule is COc1cc(/C=C/C(=O)OC2CCC(N(C)C3CCC(OC(=O)/C=C/c4cc(OC)c(OC)c(OC)c4)CC3)CC2)cc(OC)c1OC. The highest BCUT2D eigenvalue weighted by molar-refractivity contribution is 5.88. The zero-order valence-corrected chi connectivity index (χ0v) is 29.1. The number of esters is 2. The largest absolute Gasteiger partial charge is 0.493 e. The number of carbonyl (C=O) groups is 2. The van der Waals surface area contributed by atoms with Gasteiger partial charge in [0.25, 0.3) is 0 Å². The Bertz CT molecular complexity index is 1280. The van der Waals surface area contributed by atoms with Gasteiger partial charge in [-0.25, -0.2) is 9.59 Å². The van der Waals surface area contributed by atoms with Crippen molar-refractivity contribution in [3.8, 4) is 34.5 Å². The Morgan fingerprint density at radius 1 is 0.542 bits per heavy atom. The molecular formula is C37H49NO10. The third-order valence-electron chi connectivity index (χ3n) is 9.20. The highest BCUT2D eigenvalue weighted by atomic mass is 16.6. The van der Waals surface area contributed by atoms with Crippen LogP contribution in [0.15, 0.2) is 36.4 Å². The molecule has 0 radical (unpaired) electrons. The van der Waals surface area contributed by atoms with Crippen LogP contribution in [0.1, 0.15) is 62.5 Å². The van der Waals surface area contributed by atoms with Crippen molar-refractivity contribution in [2.24, 2.45) is 0 Å². The van der Waals surface area contributed by atoms with Gasteiger partial charge in [-0.2, -0.15) is 0 Å². The molecule has 2 aromatic rings. The first-order valence-corrected chi connectivity index (χ1v) is 16.3. The summed E-state index contributed by atoms with van der Waals surface area (Å²) >= 11 is 0. The van der Waals surface area contributed by atoms with E-state index in [4.69, 9.17) is 37.9 Å². The van der Waals surface area contributed by atoms with E-state index in [1.807, 2.05) is 0 Å². The molecule has 4 rings (SSSR count). The van der Waals surface area contributed by atoms with Gasteiger partial charge >= 0.3 is 11.9 Å². The number of benzene rings is 2. The Morgan fingerprint density at radius 2 is 0.854 bits per heavy atom. The van der Waals surface area contributed by atoms with Gasteiger partial charge in [-0.15, -0.1) is 0 Å². The molecule has 0 unspecified atom stereocenters. The van der Waals surface area contributed by atoms with Gasteiger partial charge in [0.05, 0.1) is 42.7 Å². The van der Waals surface area contributed by atoms with Crippen molar-refractivity contribution in [2.45, 2.75) is 75.7 Å². The molecular weight excluding hydrogens is 618 g/mol. The fourth-order valence-corrected chi connectivity index (χ4v) is 6.57. The molecule has 2 fully saturated rings. The smallest absolute Gasteiger partial charge is 0.331 e. The second-order valence-corrected chi connectivity index (χ2v) is 12.0. The van der Waals surface area contributed by atoms with Crippen molar-refractivity contribution in [3.05, 3.63) is 47.5 Å². The number of carbonyl (C=O) groups excluding carboxylic acids is 2. The first kappa shape index (κ1) is 36.5. The number of nitrogens with zero attached hydrogens (tertiary/aromatic N) is 1. The van der Waals surface area contributed by atoms with Gasteiger partial charge in [-0.3, -0.25) is 0 Å². The Morgan fingerprint density at radius 3 is 1.12 bits per heavy atom. The van der Waals surface area contributed by atoms with Crippen LogP contribution in [0.3, 0.4) is 0 Å². The highest BCUT2D eigenvalue weighted by Gasteiger charge is 2.32. The summed E-state index contributed by atoms with van der Waals surface area (Å²) in [6.45, 7) is 0. The van der Waals surface area contributed by atoms with Gasteiger partial charge in [-0.05, 0) is 106 Å². The third-order valence-corrected chi connectivity index (χ3v) is 9.20. The second-order valence-electron chi connectivity index (χ2n) is 12.0. The van der Waals surface area contributed by atoms with E-state index in [0.29, 0.717) is 46.6 Å². The Balaban J connectivity index is 1.19. The normalized spacial score (nSPS) is 21.2. The Kier molecular flexibility index (Phi) is 13.4. The minimum Gasteiger partial charge on any atom is -0.493 e. The summed E-state index contributed by atoms with van der Waals surface area (Å²) in [6, 6.07) is 7.97. The predicted molar refractivity (Wildman–Crippen MR) is 182 cm³/mol. The topological polar surface area (TPSA) is 111 Å². The molecule has 0 aromatic heterocycles. The number of methoxy groups -OCH3 is 6. The molecule has 2 saturated carbocycles. The molecule has 0 aliphatic heterocycles. The summed E-state index contributed by atoms with van der Waals surface area (Å²) in [4.78, 5) is 27.7. The average Bonchev–Trinajstić information content (AvgIpc) is 3.12. The maximum atomic E-state index is 12.6. The highest BCUT2D eigenvalue weighted by Crippen LogP contribution is 2.40. The molecule has 0 spiro atoms. The summed E-state index contributed by atoms with van der Waals surface area (Å²) in [5.74, 6) is 2.32. The monoisotopic (exact) mass is 667 g/mol. The molecule has 0 atom stereocenters. The van der Waals surface area contributed by atoms with E-state index in [-0.39, 0.29) is 24.1 Å². The van der Waals surface area contributed by atoms with E-state index < -0.39 is 0 Å². The predicted octanol–water partition coefficient (Wildman–Crippen LogP) is 6.11. The van der Waals surface area contributed by atoms with Crippen LogP contribution >= 0.6 is 0 Å². The maximum Gasteiger partial charge on any atom is 0.331 e. The van der Waals surface area contributed by atoms with Crippen LogP contribution in [0, 0.1) is 0 Å². The summed E-state index contributed by atoms with van der Waals surface area (Å²) in [6.07, 6.45) is 13.2. The van der Waals surface area contributed by atoms with Gasteiger partial charge < -0.3 is 42.8 Å². The number of hydrogen-bond acceptors (Lipinski definition) is 11. The summed E-state index contributed by atoms with van der Waals surface area (Å²) in [7, 11) is 11.5. The lowest BCUT2D eigenvalue weighted by Crippen LogP contribution is -2.45. The molecule has 48 heavy (non-hydrogen) atoms. The van der Waals surface area contributed by atoms with Gasteiger partial charge in [-0.1, -0.05) is 0 Å². The van der Waals surface area contributed by atoms with Crippen LogP contribution in [0.25, 0.3) is 12.2 Å². The fourth-order valence-electron chi connectivity index (χ4n) is 6.57. The van der Waals surface area contributed by atoms with E-state index in [1.165, 1.54) is 12.2 Å². The third kappa shape index (κ3) is 9.37. The summed E-state index contributed by atoms with van der Waals surface area (Å²) in [5, 5.41) is 0. The van der Waals surface area contributed by atoms with Crippen LogP contribution in [0.4, 0.5) is 0 Å². The Labute approximate surface area is 283 Å². The van der Waals surface area contributed by atoms with E-state index in [9.17, 15) is 9.59 Å². The lowest BCUT2D eigenvalue weighted by molar-refractivity contribution is -0.145. The fraction of sp³-hybridized carbons (Fsp3) is 0.514. The van der Waals surface area contributed by atoms with Gasteiger partial charge in [0.2, 0.25) is 11.5 Å². The minimum absolute atomic E-state index is 0.102. The van der Waals surface area contributed by atoms with Crippen LogP contribution in [0.2, 0.25) is 0 Å². The molecule has 2 aromatic carbocycles. The molecule has 0 bridgehead atoms. The van der Waals surface area contributed by atoms with Gasteiger partial charge in [0, 0.05) is 24.2 Å². The zero-order chi connectivity index (χ0) is 34.6. The quantitative estimate of drug-likeness (QED) is 0.172. The van der Waals surface area contributed by atoms with Crippen molar-refractivity contribution in [1.29, 1.82) is 0 Å². The van der Waals surface area contributed by atoms with E-state index in [2.05, 4.69) is 11.9 Å². The number of hydrogen-bond donors (Lipinski definition) is 0. The van der Waals surface area contributed by atoms with Crippen molar-refractivity contribution in [3.63, 3.8) is 0 Å². The molecule has 0 saturated heterocycles. The summed E-state index contributed by atoms with van der Waals surface area (Å²) < 4.78 is 43.8. The van der Waals surface area contributed by atoms with E-state index >= 15 is 0 Å². The molecule has 11 nitrogen and oxygen atoms in total. The minimum atomic E-state index is -0.369. The van der Waals surface area contributed by atoms with Gasteiger partial charge in [0.1, 0.15) is 12.2 Å². The van der Waals surface area contributed by atoms with Crippen LogP contribution in [-0.2, 0) is 19.1 Å². The van der Waals surface area contributed by atoms with E-state index in [0.717, 1.165) is 62.5 Å². The van der Waals surface area contributed by atoms with Crippen molar-refractivity contribution < 1.29 is 47.5 Å². The number of rotatable bonds is 14. The molecule has 0 heterocycles. The standard InChI is InChI=1S/C37H49NO10/c1-38(26-10-14-28(15-11-26)47-34(39)18-8-24-20-30(41-2)36(45-6)31(21-24)42-3)27-12-16-29(17-13-27)48-35(40)19-9-25-22-32(43-4)37(46-7)33(23-25)44-5/h8-9,18-23,26-29H,10-17H2,1-7H3/b18-8+,19-9+. The average molecular weight is 668 g/mol. The van der Waals surface area contributed by atoms with Crippen molar-refractivity contribution in [2.75, 3.05) is 49.7 Å². The molecule has 2 aliphatic rings. The molecule has 2 aliphatic carbocycles. The molecule has 262 valence electrons. The zero-order valence-electron chi connectivity index (χ0n) is 29.1.